The van der Waals surface area contributed by atoms with Crippen LogP contribution in [0.2, 0.25) is 0 Å². The zero-order valence-electron chi connectivity index (χ0n) is 14.8. The first-order valence-corrected chi connectivity index (χ1v) is 8.61. The monoisotopic (exact) mass is 330 g/mol. The third-order valence-corrected chi connectivity index (χ3v) is 4.89. The quantitative estimate of drug-likeness (QED) is 0.926. The molecule has 0 spiro atoms. The lowest BCUT2D eigenvalue weighted by Crippen LogP contribution is -2.50. The molecule has 130 valence electrons. The minimum atomic E-state index is -0.510. The molecule has 0 radical (unpaired) electrons. The second kappa shape index (κ2) is 6.11. The fraction of sp³-hybridized carbons (Fsp3) is 0.579. The summed E-state index contributed by atoms with van der Waals surface area (Å²) in [5.41, 5.74) is 0.574. The molecule has 3 aliphatic rings. The molecule has 1 aliphatic carbocycles. The standard InChI is InChI=1S/C19H26N2O3/c1-12(13-8-6-5-7-9-13)20-17(22)16-14-10-15(16)21(11-14)18(23)24-19(2,3)4/h5-9,12,14-16H,10-11H2,1-4H3,(H,20,22)/t12-,14-,15-,16+/m0/s1. The minimum Gasteiger partial charge on any atom is -0.444 e. The van der Waals surface area contributed by atoms with Gasteiger partial charge in [-0.05, 0) is 45.6 Å². The maximum Gasteiger partial charge on any atom is 0.410 e. The predicted octanol–water partition coefficient (Wildman–Crippen LogP) is 3.12. The number of hydrogen-bond donors (Lipinski definition) is 1. The molecular weight excluding hydrogens is 304 g/mol. The smallest absolute Gasteiger partial charge is 0.410 e. The van der Waals surface area contributed by atoms with Crippen LogP contribution in [0.3, 0.4) is 0 Å². The second-order valence-electron chi connectivity index (χ2n) is 7.86. The normalized spacial score (nSPS) is 26.5. The lowest BCUT2D eigenvalue weighted by Gasteiger charge is -2.36. The van der Waals surface area contributed by atoms with Crippen LogP contribution in [0.5, 0.6) is 0 Å². The van der Waals surface area contributed by atoms with E-state index in [0.29, 0.717) is 6.54 Å². The number of amides is 2. The number of hydrogen-bond acceptors (Lipinski definition) is 3. The first-order valence-electron chi connectivity index (χ1n) is 8.61. The Hall–Kier alpha value is -2.04. The van der Waals surface area contributed by atoms with Gasteiger partial charge in [-0.1, -0.05) is 30.3 Å². The Morgan fingerprint density at radius 2 is 1.92 bits per heavy atom. The molecule has 2 amide bonds. The van der Waals surface area contributed by atoms with Gasteiger partial charge in [-0.15, -0.1) is 0 Å². The zero-order chi connectivity index (χ0) is 17.5. The van der Waals surface area contributed by atoms with Crippen LogP contribution in [-0.2, 0) is 9.53 Å². The van der Waals surface area contributed by atoms with Gasteiger partial charge in [0.25, 0.3) is 0 Å². The Balaban J connectivity index is 1.59. The SMILES string of the molecule is C[C@H](NC(=O)[C@@H]1[C@H]2C[C@@H]1N(C(=O)OC(C)(C)C)C2)c1ccccc1. The van der Waals surface area contributed by atoms with Crippen LogP contribution >= 0.6 is 0 Å². The van der Waals surface area contributed by atoms with Crippen molar-refractivity contribution in [2.45, 2.75) is 51.8 Å². The van der Waals surface area contributed by atoms with Crippen molar-refractivity contribution < 1.29 is 14.3 Å². The molecule has 0 unspecified atom stereocenters. The highest BCUT2D eigenvalue weighted by atomic mass is 16.6. The summed E-state index contributed by atoms with van der Waals surface area (Å²) in [5, 5.41) is 3.09. The van der Waals surface area contributed by atoms with E-state index in [1.807, 2.05) is 58.0 Å². The van der Waals surface area contributed by atoms with Gasteiger partial charge in [0.2, 0.25) is 5.91 Å². The van der Waals surface area contributed by atoms with Crippen molar-refractivity contribution in [3.63, 3.8) is 0 Å². The van der Waals surface area contributed by atoms with Gasteiger partial charge in [0.05, 0.1) is 12.0 Å². The first kappa shape index (κ1) is 16.8. The largest absolute Gasteiger partial charge is 0.444 e. The number of nitrogens with zero attached hydrogens (tertiary/aromatic N) is 1. The summed E-state index contributed by atoms with van der Waals surface area (Å²) in [6.07, 6.45) is 0.596. The maximum atomic E-state index is 12.6. The fourth-order valence-corrected chi connectivity index (χ4v) is 3.67. The molecule has 1 aromatic carbocycles. The van der Waals surface area contributed by atoms with Gasteiger partial charge < -0.3 is 15.0 Å². The summed E-state index contributed by atoms with van der Waals surface area (Å²) < 4.78 is 5.45. The second-order valence-corrected chi connectivity index (χ2v) is 7.86. The molecule has 1 aromatic rings. The number of carbonyl (C=O) groups is 2. The van der Waals surface area contributed by atoms with Crippen LogP contribution in [-0.4, -0.2) is 35.1 Å². The van der Waals surface area contributed by atoms with Gasteiger partial charge in [0.1, 0.15) is 5.60 Å². The zero-order valence-corrected chi connectivity index (χ0v) is 14.8. The van der Waals surface area contributed by atoms with Gasteiger partial charge >= 0.3 is 6.09 Å². The molecular formula is C19H26N2O3. The molecule has 5 nitrogen and oxygen atoms in total. The average Bonchev–Trinajstić information content (AvgIpc) is 3.05. The Kier molecular flexibility index (Phi) is 4.28. The maximum absolute atomic E-state index is 12.6. The van der Waals surface area contributed by atoms with Crippen LogP contribution in [0.25, 0.3) is 0 Å². The topological polar surface area (TPSA) is 58.6 Å². The van der Waals surface area contributed by atoms with E-state index < -0.39 is 5.60 Å². The van der Waals surface area contributed by atoms with Crippen LogP contribution in [0.4, 0.5) is 4.79 Å². The molecule has 4 atom stereocenters. The van der Waals surface area contributed by atoms with Crippen LogP contribution in [0.1, 0.15) is 45.7 Å². The number of carbonyl (C=O) groups excluding carboxylic acids is 2. The average molecular weight is 330 g/mol. The van der Waals surface area contributed by atoms with Crippen molar-refractivity contribution in [3.8, 4) is 0 Å². The van der Waals surface area contributed by atoms with Gasteiger partial charge in [-0.2, -0.15) is 0 Å². The minimum absolute atomic E-state index is 0.0205. The summed E-state index contributed by atoms with van der Waals surface area (Å²) in [6, 6.07) is 9.86. The summed E-state index contributed by atoms with van der Waals surface area (Å²) in [7, 11) is 0. The number of fused-ring (bicyclic) bond motifs is 1. The van der Waals surface area contributed by atoms with E-state index in [-0.39, 0.29) is 35.9 Å². The highest BCUT2D eigenvalue weighted by Gasteiger charge is 2.57. The van der Waals surface area contributed by atoms with Crippen molar-refractivity contribution in [3.05, 3.63) is 35.9 Å². The summed E-state index contributed by atoms with van der Waals surface area (Å²) in [5.74, 6) is 0.188. The Bertz CT molecular complexity index is 623. The molecule has 5 heteroatoms. The Morgan fingerprint density at radius 1 is 1.25 bits per heavy atom. The number of nitrogens with one attached hydrogen (secondary N) is 1. The summed E-state index contributed by atoms with van der Waals surface area (Å²) in [4.78, 5) is 26.6. The lowest BCUT2D eigenvalue weighted by molar-refractivity contribution is -0.130. The van der Waals surface area contributed by atoms with Crippen molar-refractivity contribution in [1.82, 2.24) is 10.2 Å². The first-order chi connectivity index (χ1) is 11.3. The summed E-state index contributed by atoms with van der Waals surface area (Å²) >= 11 is 0. The Labute approximate surface area is 143 Å². The van der Waals surface area contributed by atoms with Crippen LogP contribution in [0.15, 0.2) is 30.3 Å². The predicted molar refractivity (Wildman–Crippen MR) is 91.3 cm³/mol. The van der Waals surface area contributed by atoms with E-state index in [9.17, 15) is 9.59 Å². The molecule has 2 bridgehead atoms. The molecule has 2 saturated heterocycles. The number of rotatable bonds is 3. The van der Waals surface area contributed by atoms with E-state index >= 15 is 0 Å². The van der Waals surface area contributed by atoms with Gasteiger partial charge in [-0.25, -0.2) is 4.79 Å². The van der Waals surface area contributed by atoms with Crippen molar-refractivity contribution >= 4 is 12.0 Å². The van der Waals surface area contributed by atoms with Crippen LogP contribution in [0, 0.1) is 11.8 Å². The van der Waals surface area contributed by atoms with E-state index in [4.69, 9.17) is 4.74 Å². The van der Waals surface area contributed by atoms with Crippen molar-refractivity contribution in [1.29, 1.82) is 0 Å². The molecule has 2 aliphatic heterocycles. The molecule has 4 rings (SSSR count). The highest BCUT2D eigenvalue weighted by Crippen LogP contribution is 2.47. The molecule has 2 heterocycles. The molecule has 0 aromatic heterocycles. The van der Waals surface area contributed by atoms with Crippen molar-refractivity contribution in [2.75, 3.05) is 6.54 Å². The third kappa shape index (κ3) is 3.25. The lowest BCUT2D eigenvalue weighted by atomic mass is 9.73. The molecule has 1 N–H and O–H groups in total. The molecule has 24 heavy (non-hydrogen) atoms. The van der Waals surface area contributed by atoms with Gasteiger partial charge in [-0.3, -0.25) is 4.79 Å². The van der Waals surface area contributed by atoms with E-state index in [0.717, 1.165) is 12.0 Å². The fourth-order valence-electron chi connectivity index (χ4n) is 3.67. The third-order valence-electron chi connectivity index (χ3n) is 4.89. The molecule has 1 saturated carbocycles. The van der Waals surface area contributed by atoms with Crippen molar-refractivity contribution in [2.24, 2.45) is 11.8 Å². The van der Waals surface area contributed by atoms with E-state index in [1.165, 1.54) is 0 Å². The van der Waals surface area contributed by atoms with Crippen LogP contribution < -0.4 is 5.32 Å². The van der Waals surface area contributed by atoms with E-state index in [1.54, 1.807) is 4.90 Å². The van der Waals surface area contributed by atoms with Gasteiger partial charge in [0, 0.05) is 12.6 Å². The van der Waals surface area contributed by atoms with Gasteiger partial charge in [0.15, 0.2) is 0 Å². The Morgan fingerprint density at radius 3 is 2.54 bits per heavy atom. The number of benzene rings is 1. The molecule has 3 fully saturated rings. The number of ether oxygens (including phenoxy) is 1. The van der Waals surface area contributed by atoms with E-state index in [2.05, 4.69) is 5.32 Å². The summed E-state index contributed by atoms with van der Waals surface area (Å²) in [6.45, 7) is 8.18. The highest BCUT2D eigenvalue weighted by molar-refractivity contribution is 5.83.